The molecule has 14 aromatic rings. The molecule has 0 saturated carbocycles. The van der Waals surface area contributed by atoms with E-state index in [0.717, 1.165) is 143 Å². The maximum absolute atomic E-state index is 13.8. The van der Waals surface area contributed by atoms with E-state index in [-0.39, 0.29) is 42.2 Å². The molecule has 0 bridgehead atoms. The predicted molar refractivity (Wildman–Crippen MR) is 497 cm³/mol. The molecule has 1 saturated heterocycles. The van der Waals surface area contributed by atoms with Gasteiger partial charge in [0.25, 0.3) is 0 Å². The van der Waals surface area contributed by atoms with Gasteiger partial charge >= 0.3 is 18.4 Å². The van der Waals surface area contributed by atoms with Crippen LogP contribution in [-0.4, -0.2) is 112 Å². The molecule has 4 aromatic heterocycles. The number of unbranched alkanes of at least 4 members (excludes halogenated alkanes) is 2. The number of likely N-dealkylation sites (tertiary alicyclic amines) is 1. The molecule has 6 aliphatic rings. The monoisotopic (exact) mass is 1840 g/mol. The van der Waals surface area contributed by atoms with Gasteiger partial charge in [-0.05, 0) is 243 Å². The maximum Gasteiger partial charge on any atom is 0.416 e. The third-order valence-electron chi connectivity index (χ3n) is 24.9. The number of hydrogen-bond acceptors (Lipinski definition) is 9. The number of fused-ring (bicyclic) bond motifs is 15. The Bertz CT molecular complexity index is 6100. The number of ether oxygens (including phenoxy) is 3. The van der Waals surface area contributed by atoms with Gasteiger partial charge in [-0.15, -0.1) is 0 Å². The number of methoxy groups -OCH3 is 1. The molecule has 6 aliphatic heterocycles. The van der Waals surface area contributed by atoms with Crippen molar-refractivity contribution in [3.05, 3.63) is 339 Å². The van der Waals surface area contributed by atoms with Crippen LogP contribution in [0.3, 0.4) is 0 Å². The molecule has 10 heterocycles. The average molecular weight is 1840 g/mol. The summed E-state index contributed by atoms with van der Waals surface area (Å²) in [5.41, 5.74) is 22.1. The molecule has 2 amide bonds. The number of halogens is 8. The highest BCUT2D eigenvalue weighted by atomic mass is 79.9. The Kier molecular flexibility index (Phi) is 27.4. The minimum atomic E-state index is -4.33. The zero-order valence-electron chi connectivity index (χ0n) is 70.0. The fraction of sp³-hybridized carbons (Fsp3) is 0.307. The van der Waals surface area contributed by atoms with E-state index in [1.54, 1.807) is 37.1 Å². The minimum Gasteiger partial charge on any atom is -0.497 e. The lowest BCUT2D eigenvalue weighted by Crippen LogP contribution is -2.52. The number of nitrogens with zero attached hydrogens (tertiary/aromatic N) is 3. The number of rotatable bonds is 14. The van der Waals surface area contributed by atoms with Crippen molar-refractivity contribution in [3.8, 4) is 5.75 Å². The molecule has 0 aliphatic carbocycles. The zero-order valence-corrected chi connectivity index (χ0v) is 74.7. The Morgan fingerprint density at radius 2 is 1.06 bits per heavy atom. The van der Waals surface area contributed by atoms with E-state index >= 15 is 0 Å². The van der Waals surface area contributed by atoms with Gasteiger partial charge in [0.2, 0.25) is 0 Å². The molecule has 7 unspecified atom stereocenters. The van der Waals surface area contributed by atoms with Crippen LogP contribution in [0, 0.1) is 12.7 Å². The van der Waals surface area contributed by atoms with Crippen LogP contribution in [0.1, 0.15) is 172 Å². The molecular formula is C101H102Br2Cl2F4N10O5. The van der Waals surface area contributed by atoms with Gasteiger partial charge in [-0.3, -0.25) is 14.7 Å². The van der Waals surface area contributed by atoms with Crippen LogP contribution in [0.2, 0.25) is 10.0 Å². The molecular weight excluding hydrogens is 1740 g/mol. The normalized spacial score (nSPS) is 18.7. The summed E-state index contributed by atoms with van der Waals surface area (Å²) in [7, 11) is 1.70. The first-order chi connectivity index (χ1) is 60.2. The quantitative estimate of drug-likeness (QED) is 0.0414. The topological polar surface area (TPSA) is 171 Å². The summed E-state index contributed by atoms with van der Waals surface area (Å²) < 4.78 is 70.8. The summed E-state index contributed by atoms with van der Waals surface area (Å²) in [5.74, 6) is 1.23. The molecule has 1 fully saturated rings. The molecule has 20 rings (SSSR count). The van der Waals surface area contributed by atoms with Gasteiger partial charge in [0, 0.05) is 142 Å². The first kappa shape index (κ1) is 87.1. The Balaban J connectivity index is 0.000000115. The number of benzene rings is 10. The van der Waals surface area contributed by atoms with Gasteiger partial charge in [-0.25, -0.2) is 14.0 Å². The summed E-state index contributed by atoms with van der Waals surface area (Å²) in [6.45, 7) is 13.8. The minimum absolute atomic E-state index is 0.0497. The van der Waals surface area contributed by atoms with Gasteiger partial charge in [-0.1, -0.05) is 196 Å². The summed E-state index contributed by atoms with van der Waals surface area (Å²) in [6, 6.07) is 73.3. The van der Waals surface area contributed by atoms with Crippen molar-refractivity contribution in [2.24, 2.45) is 0 Å². The first-order valence-corrected chi connectivity index (χ1v) is 45.3. The number of nitrogens with one attached hydrogen (secondary N) is 7. The zero-order chi connectivity index (χ0) is 86.3. The Morgan fingerprint density at radius 3 is 1.69 bits per heavy atom. The summed E-state index contributed by atoms with van der Waals surface area (Å²) >= 11 is 19.5. The lowest BCUT2D eigenvalue weighted by molar-refractivity contribution is -0.137. The van der Waals surface area contributed by atoms with Crippen molar-refractivity contribution in [3.63, 3.8) is 0 Å². The molecule has 15 nitrogen and oxygen atoms in total. The van der Waals surface area contributed by atoms with Crippen LogP contribution < -0.4 is 20.7 Å². The molecule has 7 atom stereocenters. The number of alkyl halides is 3. The molecule has 7 N–H and O–H groups in total. The molecule has 0 radical (unpaired) electrons. The second-order valence-electron chi connectivity index (χ2n) is 32.6. The number of piperidine rings is 1. The van der Waals surface area contributed by atoms with E-state index in [0.29, 0.717) is 56.3 Å². The number of hydrogen-bond donors (Lipinski definition) is 7. The Morgan fingerprint density at radius 1 is 0.524 bits per heavy atom. The summed E-state index contributed by atoms with van der Waals surface area (Å²) in [5, 5.41) is 16.9. The maximum atomic E-state index is 13.8. The number of carbonyl (C=O) groups is 2. The van der Waals surface area contributed by atoms with Crippen molar-refractivity contribution < 1.29 is 41.4 Å². The number of amides is 2. The third-order valence-corrected chi connectivity index (χ3v) is 26.3. The van der Waals surface area contributed by atoms with Gasteiger partial charge in [0.1, 0.15) is 17.6 Å². The number of anilines is 1. The number of aromatic nitrogens is 4. The fourth-order valence-corrected chi connectivity index (χ4v) is 20.2. The Hall–Kier alpha value is -10.4. The lowest BCUT2D eigenvalue weighted by atomic mass is 9.81. The highest BCUT2D eigenvalue weighted by Crippen LogP contribution is 2.47. The van der Waals surface area contributed by atoms with Gasteiger partial charge < -0.3 is 50.1 Å². The van der Waals surface area contributed by atoms with Crippen molar-refractivity contribution in [2.75, 3.05) is 58.4 Å². The fourth-order valence-electron chi connectivity index (χ4n) is 19.1. The largest absolute Gasteiger partial charge is 0.497 e. The molecule has 642 valence electrons. The highest BCUT2D eigenvalue weighted by molar-refractivity contribution is 9.10. The number of carbonyl (C=O) groups excluding carboxylic acids is 2. The van der Waals surface area contributed by atoms with Crippen LogP contribution in [-0.2, 0) is 54.3 Å². The van der Waals surface area contributed by atoms with E-state index in [1.807, 2.05) is 104 Å². The summed E-state index contributed by atoms with van der Waals surface area (Å²) in [6.07, 6.45) is 5.63. The molecule has 10 aromatic carbocycles. The molecule has 0 spiro atoms. The van der Waals surface area contributed by atoms with E-state index in [9.17, 15) is 27.2 Å². The van der Waals surface area contributed by atoms with Crippen LogP contribution >= 0.6 is 55.1 Å². The van der Waals surface area contributed by atoms with E-state index in [1.165, 1.54) is 118 Å². The van der Waals surface area contributed by atoms with Crippen molar-refractivity contribution >= 4 is 117 Å². The van der Waals surface area contributed by atoms with Crippen molar-refractivity contribution in [1.29, 1.82) is 0 Å². The molecule has 124 heavy (non-hydrogen) atoms. The molecule has 23 heteroatoms. The van der Waals surface area contributed by atoms with E-state index in [2.05, 4.69) is 177 Å². The van der Waals surface area contributed by atoms with Gasteiger partial charge in [0.15, 0.2) is 0 Å². The van der Waals surface area contributed by atoms with Crippen LogP contribution in [0.25, 0.3) is 43.6 Å². The average Bonchev–Trinajstić information content (AvgIpc) is 1.62. The van der Waals surface area contributed by atoms with Crippen molar-refractivity contribution in [1.82, 2.24) is 45.3 Å². The number of aryl methyl sites for hydroxylation is 1. The Labute approximate surface area is 747 Å². The smallest absolute Gasteiger partial charge is 0.416 e. The van der Waals surface area contributed by atoms with E-state index in [4.69, 9.17) is 37.4 Å². The van der Waals surface area contributed by atoms with Crippen LogP contribution in [0.15, 0.2) is 233 Å². The number of aromatic amines is 4. The number of H-pyrrole nitrogens is 4. The summed E-state index contributed by atoms with van der Waals surface area (Å²) in [4.78, 5) is 45.4. The highest BCUT2D eigenvalue weighted by Gasteiger charge is 2.44. The third kappa shape index (κ3) is 19.2. The lowest BCUT2D eigenvalue weighted by Gasteiger charge is -2.43. The second-order valence-corrected chi connectivity index (χ2v) is 35.3. The SMILES string of the molecule is CCCCCC1C2Nc3ccc(Cl)cc3C2CCN1Cc1ccccc1.CCOC(=O)N1CCc2c([nH]c3ccc(Br)cc23)C1Cc1ccccc1.CCOC(=O)N1CCc2c([nH]c3ccc(F)cc23)C1c1ccc(C)cc1.COc1cccc(C2NCCc3c2[nH]c2ccc(Cl)cc32)c1.FC(F)(F)c1cccc(C2NCCc3c2[nH]c2ccc(Br)cc32)c1. The second kappa shape index (κ2) is 39.0. The van der Waals surface area contributed by atoms with Crippen LogP contribution in [0.5, 0.6) is 5.75 Å². The van der Waals surface area contributed by atoms with Gasteiger partial charge in [0.05, 0.1) is 44.0 Å². The first-order valence-electron chi connectivity index (χ1n) is 43.0. The van der Waals surface area contributed by atoms with Gasteiger partial charge in [-0.2, -0.15) is 13.2 Å². The van der Waals surface area contributed by atoms with E-state index < -0.39 is 11.7 Å². The predicted octanol–water partition coefficient (Wildman–Crippen LogP) is 25.3. The van der Waals surface area contributed by atoms with Crippen molar-refractivity contribution in [2.45, 2.75) is 147 Å². The van der Waals surface area contributed by atoms with Crippen LogP contribution in [0.4, 0.5) is 32.8 Å². The standard InChI is InChI=1S/C23H29ClN2.C21H21BrN2O2.C21H21FN2O2.C18H14BrF3N2.C18H17ClN2O/c1-2-3-5-10-22-23-19(20-15-18(24)11-12-21(20)25-23)13-14-26(22)16-17-8-6-4-7-9-17;1-2-26-21(25)24-11-10-16-17-13-15(22)8-9-18(17)23-20(16)19(24)12-14-6-4-3-5-7-14;1-3-26-21(25)24-11-10-16-17-12-15(22)8-9-18(17)23-19(16)20(24)14-6-4-13(2)5-7-14;19-12-4-5-15-14(9-12)13-6-7-23-16(17(13)24-15)10-2-1-3-11(8-10)18(20,21)22;1-22-13-4-2-3-11(9-13)17-18-14(7-8-20-17)15-10-12(19)5-6-16(15)21-18/h4,6-9,11-12,15,19,22-23,25H,2-3,5,10,13-14,16H2,1H3;3-9,13,19,23H,2,10-12H2,1H3;4-9,12,20,23H,3,10-11H2,1-2H3;1-5,8-9,16,23-24H,6-7H2;2-6,9-10,17,20-21H,7-8H2,1H3.